The van der Waals surface area contributed by atoms with Crippen molar-refractivity contribution in [2.45, 2.75) is 52.0 Å². The summed E-state index contributed by atoms with van der Waals surface area (Å²) in [6, 6.07) is 12.9. The summed E-state index contributed by atoms with van der Waals surface area (Å²) in [4.78, 5) is 27.6. The number of halogens is 2. The molecular weight excluding hydrogens is 451 g/mol. The molecule has 0 aliphatic rings. The van der Waals surface area contributed by atoms with Crippen molar-refractivity contribution in [2.75, 3.05) is 12.3 Å². The lowest BCUT2D eigenvalue weighted by molar-refractivity contribution is -0.139. The first-order valence-corrected chi connectivity index (χ1v) is 12.4. The molecule has 168 valence electrons. The number of aryl methyl sites for hydroxylation is 1. The van der Waals surface area contributed by atoms with E-state index in [1.807, 2.05) is 13.8 Å². The standard InChI is InChI=1S/C24H30Cl2N2O2S/c1-4-12-27-24(30)22(5-2)28(14-19-10-11-20(25)13-21(19)26)23(29)16-31-15-18-8-6-17(3)7-9-18/h6-11,13,22H,4-5,12,14-16H2,1-3H3,(H,27,30)/t22-/m0/s1. The Balaban J connectivity index is 2.14. The van der Waals surface area contributed by atoms with Gasteiger partial charge in [0.2, 0.25) is 11.8 Å². The quantitative estimate of drug-likeness (QED) is 0.437. The number of carbonyl (C=O) groups is 2. The number of hydrogen-bond donors (Lipinski definition) is 1. The first kappa shape index (κ1) is 25.6. The maximum Gasteiger partial charge on any atom is 0.242 e. The zero-order chi connectivity index (χ0) is 22.8. The fourth-order valence-electron chi connectivity index (χ4n) is 3.14. The maximum absolute atomic E-state index is 13.2. The van der Waals surface area contributed by atoms with Crippen molar-refractivity contribution in [3.8, 4) is 0 Å². The minimum atomic E-state index is -0.550. The number of amides is 2. The van der Waals surface area contributed by atoms with Gasteiger partial charge in [0.25, 0.3) is 0 Å². The molecule has 0 unspecified atom stereocenters. The third-order valence-electron chi connectivity index (χ3n) is 4.91. The lowest BCUT2D eigenvalue weighted by Crippen LogP contribution is -2.49. The average molecular weight is 481 g/mol. The van der Waals surface area contributed by atoms with Crippen molar-refractivity contribution in [2.24, 2.45) is 0 Å². The molecule has 2 aromatic carbocycles. The van der Waals surface area contributed by atoms with Crippen LogP contribution in [0.5, 0.6) is 0 Å². The Morgan fingerprint density at radius 2 is 1.81 bits per heavy atom. The average Bonchev–Trinajstić information content (AvgIpc) is 2.74. The zero-order valence-electron chi connectivity index (χ0n) is 18.3. The third-order valence-corrected chi connectivity index (χ3v) is 6.48. The van der Waals surface area contributed by atoms with Gasteiger partial charge in [0.15, 0.2) is 0 Å². The van der Waals surface area contributed by atoms with Crippen LogP contribution in [-0.2, 0) is 21.9 Å². The van der Waals surface area contributed by atoms with Crippen molar-refractivity contribution < 1.29 is 9.59 Å². The fourth-order valence-corrected chi connectivity index (χ4v) is 4.48. The van der Waals surface area contributed by atoms with Gasteiger partial charge in [0.05, 0.1) is 5.75 Å². The van der Waals surface area contributed by atoms with Crippen LogP contribution in [-0.4, -0.2) is 35.1 Å². The molecule has 1 N–H and O–H groups in total. The van der Waals surface area contributed by atoms with Crippen LogP contribution in [0.25, 0.3) is 0 Å². The van der Waals surface area contributed by atoms with Crippen LogP contribution in [0.2, 0.25) is 10.0 Å². The van der Waals surface area contributed by atoms with Crippen LogP contribution >= 0.6 is 35.0 Å². The molecule has 0 heterocycles. The molecule has 0 saturated heterocycles. The van der Waals surface area contributed by atoms with Crippen LogP contribution in [0.3, 0.4) is 0 Å². The Labute approximate surface area is 199 Å². The van der Waals surface area contributed by atoms with E-state index >= 15 is 0 Å². The second kappa shape index (κ2) is 13.0. The Kier molecular flexibility index (Phi) is 10.7. The van der Waals surface area contributed by atoms with E-state index < -0.39 is 6.04 Å². The fraction of sp³-hybridized carbons (Fsp3) is 0.417. The highest BCUT2D eigenvalue weighted by atomic mass is 35.5. The van der Waals surface area contributed by atoms with Crippen molar-refractivity contribution in [1.29, 1.82) is 0 Å². The molecule has 0 bridgehead atoms. The highest BCUT2D eigenvalue weighted by Gasteiger charge is 2.28. The summed E-state index contributed by atoms with van der Waals surface area (Å²) in [5, 5.41) is 3.94. The lowest BCUT2D eigenvalue weighted by atomic mass is 10.1. The van der Waals surface area contributed by atoms with Crippen molar-refractivity contribution in [3.63, 3.8) is 0 Å². The van der Waals surface area contributed by atoms with Gasteiger partial charge in [-0.3, -0.25) is 9.59 Å². The van der Waals surface area contributed by atoms with Crippen LogP contribution in [0.4, 0.5) is 0 Å². The number of benzene rings is 2. The van der Waals surface area contributed by atoms with Gasteiger partial charge in [-0.05, 0) is 43.0 Å². The molecule has 1 atom stereocenters. The zero-order valence-corrected chi connectivity index (χ0v) is 20.6. The summed E-state index contributed by atoms with van der Waals surface area (Å²) in [5.41, 5.74) is 3.15. The second-order valence-electron chi connectivity index (χ2n) is 7.45. The van der Waals surface area contributed by atoms with Gasteiger partial charge in [0, 0.05) is 28.9 Å². The van der Waals surface area contributed by atoms with Crippen molar-refractivity contribution in [3.05, 3.63) is 69.2 Å². The largest absolute Gasteiger partial charge is 0.354 e. The van der Waals surface area contributed by atoms with E-state index in [0.717, 1.165) is 17.7 Å². The number of thioether (sulfide) groups is 1. The number of rotatable bonds is 11. The van der Waals surface area contributed by atoms with Crippen LogP contribution in [0.15, 0.2) is 42.5 Å². The van der Waals surface area contributed by atoms with E-state index in [4.69, 9.17) is 23.2 Å². The smallest absolute Gasteiger partial charge is 0.242 e. The molecule has 2 rings (SSSR count). The van der Waals surface area contributed by atoms with Crippen LogP contribution < -0.4 is 5.32 Å². The Morgan fingerprint density at radius 1 is 1.10 bits per heavy atom. The highest BCUT2D eigenvalue weighted by Crippen LogP contribution is 2.24. The van der Waals surface area contributed by atoms with Crippen LogP contribution in [0, 0.1) is 6.92 Å². The van der Waals surface area contributed by atoms with E-state index in [0.29, 0.717) is 23.0 Å². The summed E-state index contributed by atoms with van der Waals surface area (Å²) >= 11 is 13.9. The number of nitrogens with one attached hydrogen (secondary N) is 1. The predicted octanol–water partition coefficient (Wildman–Crippen LogP) is 5.87. The predicted molar refractivity (Wildman–Crippen MR) is 132 cm³/mol. The van der Waals surface area contributed by atoms with Crippen molar-refractivity contribution in [1.82, 2.24) is 10.2 Å². The molecular formula is C24H30Cl2N2O2S. The van der Waals surface area contributed by atoms with E-state index in [1.165, 1.54) is 11.1 Å². The Morgan fingerprint density at radius 3 is 2.42 bits per heavy atom. The van der Waals surface area contributed by atoms with Gasteiger partial charge in [-0.15, -0.1) is 11.8 Å². The topological polar surface area (TPSA) is 49.4 Å². The molecule has 0 fully saturated rings. The molecule has 4 nitrogen and oxygen atoms in total. The maximum atomic E-state index is 13.2. The Hall–Kier alpha value is -1.69. The molecule has 0 aliphatic carbocycles. The second-order valence-corrected chi connectivity index (χ2v) is 9.28. The molecule has 0 spiro atoms. The van der Waals surface area contributed by atoms with E-state index in [1.54, 1.807) is 34.9 Å². The molecule has 2 aromatic rings. The normalized spacial score (nSPS) is 11.8. The number of nitrogens with zero attached hydrogens (tertiary/aromatic N) is 1. The first-order valence-electron chi connectivity index (χ1n) is 10.5. The summed E-state index contributed by atoms with van der Waals surface area (Å²) in [5.74, 6) is 0.810. The number of carbonyl (C=O) groups excluding carboxylic acids is 2. The van der Waals surface area contributed by atoms with Gasteiger partial charge < -0.3 is 10.2 Å². The minimum absolute atomic E-state index is 0.0818. The molecule has 0 saturated carbocycles. The third kappa shape index (κ3) is 8.06. The molecule has 0 aromatic heterocycles. The van der Waals surface area contributed by atoms with Crippen molar-refractivity contribution >= 4 is 46.8 Å². The molecule has 7 heteroatoms. The summed E-state index contributed by atoms with van der Waals surface area (Å²) in [7, 11) is 0. The number of hydrogen-bond acceptors (Lipinski definition) is 3. The molecule has 2 amide bonds. The SMILES string of the molecule is CCCNC(=O)[C@H](CC)N(Cc1ccc(Cl)cc1Cl)C(=O)CSCc1ccc(C)cc1. The lowest BCUT2D eigenvalue weighted by Gasteiger charge is -2.31. The minimum Gasteiger partial charge on any atom is -0.354 e. The van der Waals surface area contributed by atoms with Gasteiger partial charge in [-0.1, -0.05) is 72.9 Å². The molecule has 0 radical (unpaired) electrons. The van der Waals surface area contributed by atoms with Gasteiger partial charge in [0.1, 0.15) is 6.04 Å². The Bertz CT molecular complexity index is 874. The molecule has 0 aliphatic heterocycles. The van der Waals surface area contributed by atoms with E-state index in [-0.39, 0.29) is 24.1 Å². The van der Waals surface area contributed by atoms with Gasteiger partial charge >= 0.3 is 0 Å². The van der Waals surface area contributed by atoms with E-state index in [9.17, 15) is 9.59 Å². The van der Waals surface area contributed by atoms with Crippen LogP contribution in [0.1, 0.15) is 43.4 Å². The van der Waals surface area contributed by atoms with E-state index in [2.05, 4.69) is 36.5 Å². The van der Waals surface area contributed by atoms with Gasteiger partial charge in [-0.25, -0.2) is 0 Å². The highest BCUT2D eigenvalue weighted by molar-refractivity contribution is 7.99. The monoisotopic (exact) mass is 480 g/mol. The summed E-state index contributed by atoms with van der Waals surface area (Å²) in [6.07, 6.45) is 1.36. The summed E-state index contributed by atoms with van der Waals surface area (Å²) in [6.45, 7) is 6.81. The summed E-state index contributed by atoms with van der Waals surface area (Å²) < 4.78 is 0. The first-order chi connectivity index (χ1) is 14.8. The molecule has 31 heavy (non-hydrogen) atoms. The van der Waals surface area contributed by atoms with Gasteiger partial charge in [-0.2, -0.15) is 0 Å².